The van der Waals surface area contributed by atoms with Crippen molar-refractivity contribution in [1.29, 1.82) is 0 Å². The summed E-state index contributed by atoms with van der Waals surface area (Å²) in [5.74, 6) is 1.68. The van der Waals surface area contributed by atoms with Crippen LogP contribution >= 0.6 is 0 Å². The summed E-state index contributed by atoms with van der Waals surface area (Å²) in [6.07, 6.45) is 1.00. The van der Waals surface area contributed by atoms with Crippen molar-refractivity contribution in [3.8, 4) is 11.5 Å². The third kappa shape index (κ3) is 4.94. The maximum Gasteiger partial charge on any atom is 0.122 e. The average Bonchev–Trinajstić information content (AvgIpc) is 2.36. The first-order valence-corrected chi connectivity index (χ1v) is 6.28. The SMILES string of the molecule is COc1ccc(OCCOC(C)C)c(CCN)c1. The summed E-state index contributed by atoms with van der Waals surface area (Å²) >= 11 is 0. The fourth-order valence-electron chi connectivity index (χ4n) is 1.61. The molecule has 4 nitrogen and oxygen atoms in total. The molecule has 0 aliphatic carbocycles. The van der Waals surface area contributed by atoms with Crippen LogP contribution in [0.25, 0.3) is 0 Å². The largest absolute Gasteiger partial charge is 0.497 e. The Balaban J connectivity index is 2.57. The van der Waals surface area contributed by atoms with Gasteiger partial charge in [-0.25, -0.2) is 0 Å². The van der Waals surface area contributed by atoms with Gasteiger partial charge >= 0.3 is 0 Å². The monoisotopic (exact) mass is 253 g/mol. The van der Waals surface area contributed by atoms with Crippen molar-refractivity contribution in [3.05, 3.63) is 23.8 Å². The molecule has 1 rings (SSSR count). The molecule has 0 saturated carbocycles. The van der Waals surface area contributed by atoms with E-state index in [1.807, 2.05) is 32.0 Å². The molecule has 0 unspecified atom stereocenters. The van der Waals surface area contributed by atoms with Crippen LogP contribution in [0.2, 0.25) is 0 Å². The third-order valence-electron chi connectivity index (χ3n) is 2.47. The van der Waals surface area contributed by atoms with Crippen LogP contribution in [0.4, 0.5) is 0 Å². The minimum absolute atomic E-state index is 0.230. The van der Waals surface area contributed by atoms with Crippen LogP contribution in [0.1, 0.15) is 19.4 Å². The lowest BCUT2D eigenvalue weighted by Crippen LogP contribution is -2.12. The van der Waals surface area contributed by atoms with Crippen molar-refractivity contribution in [2.45, 2.75) is 26.4 Å². The number of hydrogen-bond acceptors (Lipinski definition) is 4. The molecule has 0 bridgehead atoms. The molecule has 0 aromatic heterocycles. The van der Waals surface area contributed by atoms with Crippen LogP contribution in [-0.4, -0.2) is 33.0 Å². The van der Waals surface area contributed by atoms with Crippen LogP contribution < -0.4 is 15.2 Å². The summed E-state index contributed by atoms with van der Waals surface area (Å²) in [4.78, 5) is 0. The van der Waals surface area contributed by atoms with Gasteiger partial charge in [-0.3, -0.25) is 0 Å². The molecule has 0 saturated heterocycles. The van der Waals surface area contributed by atoms with E-state index < -0.39 is 0 Å². The molecule has 0 atom stereocenters. The van der Waals surface area contributed by atoms with Crippen molar-refractivity contribution >= 4 is 0 Å². The summed E-state index contributed by atoms with van der Waals surface area (Å²) in [6, 6.07) is 5.77. The summed E-state index contributed by atoms with van der Waals surface area (Å²) in [5.41, 5.74) is 6.67. The van der Waals surface area contributed by atoms with E-state index in [1.54, 1.807) is 7.11 Å². The summed E-state index contributed by atoms with van der Waals surface area (Å²) in [6.45, 7) is 5.74. The van der Waals surface area contributed by atoms with Gasteiger partial charge in [0.1, 0.15) is 18.1 Å². The zero-order valence-electron chi connectivity index (χ0n) is 11.4. The summed E-state index contributed by atoms with van der Waals surface area (Å²) in [5, 5.41) is 0. The van der Waals surface area contributed by atoms with E-state index in [0.717, 1.165) is 23.5 Å². The molecule has 0 amide bonds. The zero-order valence-corrected chi connectivity index (χ0v) is 11.4. The van der Waals surface area contributed by atoms with Gasteiger partial charge in [-0.05, 0) is 50.6 Å². The number of hydrogen-bond donors (Lipinski definition) is 1. The van der Waals surface area contributed by atoms with Crippen LogP contribution in [0, 0.1) is 0 Å². The minimum Gasteiger partial charge on any atom is -0.497 e. The first-order valence-electron chi connectivity index (χ1n) is 6.28. The highest BCUT2D eigenvalue weighted by atomic mass is 16.5. The molecule has 1 aromatic rings. The van der Waals surface area contributed by atoms with Gasteiger partial charge in [-0.1, -0.05) is 0 Å². The van der Waals surface area contributed by atoms with E-state index in [0.29, 0.717) is 19.8 Å². The highest BCUT2D eigenvalue weighted by Gasteiger charge is 2.05. The molecule has 102 valence electrons. The van der Waals surface area contributed by atoms with Crippen LogP contribution in [0.15, 0.2) is 18.2 Å². The van der Waals surface area contributed by atoms with Crippen LogP contribution in [0.3, 0.4) is 0 Å². The molecule has 0 aliphatic heterocycles. The second-order valence-corrected chi connectivity index (χ2v) is 4.28. The van der Waals surface area contributed by atoms with Crippen molar-refractivity contribution in [3.63, 3.8) is 0 Å². The molecule has 0 spiro atoms. The Labute approximate surface area is 109 Å². The fraction of sp³-hybridized carbons (Fsp3) is 0.571. The Kier molecular flexibility index (Phi) is 6.54. The number of nitrogens with two attached hydrogens (primary N) is 1. The highest BCUT2D eigenvalue weighted by molar-refractivity contribution is 5.40. The molecule has 0 fully saturated rings. The second-order valence-electron chi connectivity index (χ2n) is 4.28. The van der Waals surface area contributed by atoms with Gasteiger partial charge in [0.2, 0.25) is 0 Å². The van der Waals surface area contributed by atoms with Gasteiger partial charge in [0, 0.05) is 0 Å². The van der Waals surface area contributed by atoms with Gasteiger partial charge in [0.25, 0.3) is 0 Å². The molecule has 0 radical (unpaired) electrons. The van der Waals surface area contributed by atoms with Crippen molar-refractivity contribution in [2.75, 3.05) is 26.9 Å². The standard InChI is InChI=1S/C14H23NO3/c1-11(2)17-8-9-18-14-5-4-13(16-3)10-12(14)6-7-15/h4-5,10-11H,6-9,15H2,1-3H3. The number of methoxy groups -OCH3 is 1. The average molecular weight is 253 g/mol. The molecule has 1 aromatic carbocycles. The minimum atomic E-state index is 0.230. The first-order chi connectivity index (χ1) is 8.67. The summed E-state index contributed by atoms with van der Waals surface area (Å²) in [7, 11) is 1.65. The molecule has 18 heavy (non-hydrogen) atoms. The van der Waals surface area contributed by atoms with E-state index in [9.17, 15) is 0 Å². The Morgan fingerprint density at radius 1 is 1.22 bits per heavy atom. The van der Waals surface area contributed by atoms with Crippen LogP contribution in [0.5, 0.6) is 11.5 Å². The predicted octanol–water partition coefficient (Wildman–Crippen LogP) is 2.00. The zero-order chi connectivity index (χ0) is 13.4. The highest BCUT2D eigenvalue weighted by Crippen LogP contribution is 2.24. The molecule has 0 aliphatic rings. The molecule has 0 heterocycles. The van der Waals surface area contributed by atoms with E-state index in [1.165, 1.54) is 0 Å². The first kappa shape index (κ1) is 14.8. The Bertz CT molecular complexity index is 353. The van der Waals surface area contributed by atoms with E-state index >= 15 is 0 Å². The molecular weight excluding hydrogens is 230 g/mol. The van der Waals surface area contributed by atoms with E-state index in [4.69, 9.17) is 19.9 Å². The van der Waals surface area contributed by atoms with E-state index in [2.05, 4.69) is 0 Å². The fourth-order valence-corrected chi connectivity index (χ4v) is 1.61. The Hall–Kier alpha value is -1.26. The van der Waals surface area contributed by atoms with Crippen LogP contribution in [-0.2, 0) is 11.2 Å². The molecule has 2 N–H and O–H groups in total. The van der Waals surface area contributed by atoms with Gasteiger partial charge in [0.05, 0.1) is 19.8 Å². The second kappa shape index (κ2) is 7.95. The van der Waals surface area contributed by atoms with Crippen molar-refractivity contribution in [2.24, 2.45) is 5.73 Å². The maximum atomic E-state index is 5.70. The number of ether oxygens (including phenoxy) is 3. The lowest BCUT2D eigenvalue weighted by molar-refractivity contribution is 0.0550. The predicted molar refractivity (Wildman–Crippen MR) is 72.3 cm³/mol. The van der Waals surface area contributed by atoms with Gasteiger partial charge in [0.15, 0.2) is 0 Å². The smallest absolute Gasteiger partial charge is 0.122 e. The Morgan fingerprint density at radius 3 is 2.61 bits per heavy atom. The number of rotatable bonds is 8. The lowest BCUT2D eigenvalue weighted by Gasteiger charge is -2.13. The number of benzene rings is 1. The molecular formula is C14H23NO3. The van der Waals surface area contributed by atoms with Gasteiger partial charge < -0.3 is 19.9 Å². The third-order valence-corrected chi connectivity index (χ3v) is 2.47. The van der Waals surface area contributed by atoms with E-state index in [-0.39, 0.29) is 6.10 Å². The van der Waals surface area contributed by atoms with Gasteiger partial charge in [-0.15, -0.1) is 0 Å². The quantitative estimate of drug-likeness (QED) is 0.720. The van der Waals surface area contributed by atoms with Gasteiger partial charge in [-0.2, -0.15) is 0 Å². The lowest BCUT2D eigenvalue weighted by atomic mass is 10.1. The maximum absolute atomic E-state index is 5.70. The topological polar surface area (TPSA) is 53.7 Å². The normalized spacial score (nSPS) is 10.7. The van der Waals surface area contributed by atoms with Crippen molar-refractivity contribution in [1.82, 2.24) is 0 Å². The van der Waals surface area contributed by atoms with Crippen molar-refractivity contribution < 1.29 is 14.2 Å². The Morgan fingerprint density at radius 2 is 2.00 bits per heavy atom. The molecule has 4 heteroatoms. The summed E-state index contributed by atoms with van der Waals surface area (Å²) < 4.78 is 16.3.